The Morgan fingerprint density at radius 3 is 2.54 bits per heavy atom. The number of halogens is 2. The van der Waals surface area contributed by atoms with Crippen LogP contribution < -0.4 is 10.2 Å². The molecule has 3 fully saturated rings. The van der Waals surface area contributed by atoms with Crippen LogP contribution in [-0.2, 0) is 14.9 Å². The van der Waals surface area contributed by atoms with Gasteiger partial charge in [0.25, 0.3) is 0 Å². The Morgan fingerprint density at radius 2 is 1.90 bits per heavy atom. The minimum absolute atomic E-state index is 0.0536. The van der Waals surface area contributed by atoms with E-state index >= 15 is 0 Å². The highest BCUT2D eigenvalue weighted by atomic mass is 32.3. The van der Waals surface area contributed by atoms with Crippen LogP contribution in [0.3, 0.4) is 0 Å². The topological polar surface area (TPSA) is 131 Å². The first kappa shape index (κ1) is 27.5. The van der Waals surface area contributed by atoms with E-state index < -0.39 is 33.6 Å². The summed E-state index contributed by atoms with van der Waals surface area (Å²) in [5.74, 6) is -0.494. The van der Waals surface area contributed by atoms with Gasteiger partial charge in [-0.3, -0.25) is 9.57 Å². The summed E-state index contributed by atoms with van der Waals surface area (Å²) < 4.78 is 47.9. The third-order valence-electron chi connectivity index (χ3n) is 8.51. The van der Waals surface area contributed by atoms with E-state index in [1.807, 2.05) is 30.5 Å². The molecule has 6 rings (SSSR count). The van der Waals surface area contributed by atoms with E-state index in [0.29, 0.717) is 61.8 Å². The number of aromatic nitrogens is 3. The first-order valence-electron chi connectivity index (χ1n) is 13.9. The van der Waals surface area contributed by atoms with Gasteiger partial charge in [0.1, 0.15) is 17.5 Å². The van der Waals surface area contributed by atoms with Gasteiger partial charge in [0.05, 0.1) is 18.0 Å². The Morgan fingerprint density at radius 1 is 1.17 bits per heavy atom. The van der Waals surface area contributed by atoms with Crippen LogP contribution in [0.5, 0.6) is 0 Å². The molecule has 3 N–H and O–H groups in total. The number of anilines is 1. The number of rotatable bonds is 6. The van der Waals surface area contributed by atoms with E-state index in [0.717, 1.165) is 23.0 Å². The van der Waals surface area contributed by atoms with Crippen molar-refractivity contribution < 1.29 is 18.1 Å². The Bertz CT molecular complexity index is 1520. The van der Waals surface area contributed by atoms with Gasteiger partial charge in [-0.15, -0.1) is 10.1 Å². The number of carbonyl (C=O) groups excluding carboxylic acids is 1. The van der Waals surface area contributed by atoms with Crippen molar-refractivity contribution in [2.45, 2.75) is 49.7 Å². The van der Waals surface area contributed by atoms with Crippen LogP contribution >= 0.6 is 0 Å². The van der Waals surface area contributed by atoms with Crippen LogP contribution in [0.2, 0.25) is 0 Å². The summed E-state index contributed by atoms with van der Waals surface area (Å²) >= 11 is 0. The third-order valence-corrected chi connectivity index (χ3v) is 10.4. The van der Waals surface area contributed by atoms with Crippen molar-refractivity contribution in [3.05, 3.63) is 60.3 Å². The van der Waals surface area contributed by atoms with E-state index in [2.05, 4.69) is 21.3 Å². The molecule has 1 aromatic carbocycles. The third kappa shape index (κ3) is 5.74. The molecule has 3 aromatic rings. The van der Waals surface area contributed by atoms with Gasteiger partial charge in [-0.25, -0.2) is 18.4 Å². The van der Waals surface area contributed by atoms with Gasteiger partial charge in [-0.2, -0.15) is 10.4 Å². The minimum Gasteiger partial charge on any atom is -0.370 e. The van der Waals surface area contributed by atoms with Crippen LogP contribution in [0.1, 0.15) is 43.7 Å². The Kier molecular flexibility index (Phi) is 7.11. The molecule has 3 atom stereocenters. The Hall–Kier alpha value is -3.69. The number of thiol groups is 1. The number of nitrogens with one attached hydrogen (secondary N) is 2. The summed E-state index contributed by atoms with van der Waals surface area (Å²) in [6.07, 6.45) is 3.77. The van der Waals surface area contributed by atoms with Crippen LogP contribution in [0.15, 0.2) is 48.8 Å². The molecule has 2 aliphatic carbocycles. The highest BCUT2D eigenvalue weighted by Gasteiger charge is 2.48. The fourth-order valence-corrected chi connectivity index (χ4v) is 7.23. The number of amides is 1. The second-order valence-electron chi connectivity index (χ2n) is 11.4. The van der Waals surface area contributed by atoms with Gasteiger partial charge in [0, 0.05) is 53.9 Å². The molecule has 41 heavy (non-hydrogen) atoms. The maximum atomic E-state index is 14.7. The Balaban J connectivity index is 1.35. The van der Waals surface area contributed by atoms with E-state index in [4.69, 9.17) is 9.88 Å². The van der Waals surface area contributed by atoms with Gasteiger partial charge in [0.15, 0.2) is 5.82 Å². The summed E-state index contributed by atoms with van der Waals surface area (Å²) in [5, 5.41) is 17.2. The summed E-state index contributed by atoms with van der Waals surface area (Å²) in [5.41, 5.74) is 2.40. The summed E-state index contributed by atoms with van der Waals surface area (Å²) in [6, 6.07) is 12.9. The van der Waals surface area contributed by atoms with Crippen LogP contribution in [0.25, 0.3) is 16.9 Å². The smallest absolute Gasteiger partial charge is 0.225 e. The van der Waals surface area contributed by atoms with Crippen LogP contribution in [0.4, 0.5) is 14.5 Å². The molecule has 0 radical (unpaired) electrons. The van der Waals surface area contributed by atoms with Gasteiger partial charge < -0.3 is 14.8 Å². The van der Waals surface area contributed by atoms with Crippen molar-refractivity contribution in [1.29, 1.82) is 10.0 Å². The van der Waals surface area contributed by atoms with Crippen molar-refractivity contribution in [2.75, 3.05) is 29.5 Å². The number of nitriles is 1. The number of nitrogens with zero attached hydrogens (tertiary/aromatic N) is 5. The molecule has 2 aromatic heterocycles. The van der Waals surface area contributed by atoms with E-state index in [-0.39, 0.29) is 18.2 Å². The molecule has 1 aliphatic heterocycles. The first-order valence-corrected chi connectivity index (χ1v) is 16.1. The number of hydrogen-bond acceptors (Lipinski definition) is 6. The van der Waals surface area contributed by atoms with Crippen molar-refractivity contribution in [2.24, 2.45) is 5.92 Å². The molecule has 9 nitrogen and oxygen atoms in total. The molecule has 1 saturated heterocycles. The largest absolute Gasteiger partial charge is 0.370 e. The lowest BCUT2D eigenvalue weighted by Gasteiger charge is -2.36. The monoisotopic (exact) mass is 581 g/mol. The molecule has 2 saturated carbocycles. The molecule has 0 bridgehead atoms. The summed E-state index contributed by atoms with van der Waals surface area (Å²) in [6.45, 7) is 1.25. The standard InChI is InChI=1S/C29H33F2N7O2S/c30-20-3-7-23(24(15-20)28(39)35-29(18-32)9-10-29)27-25(17-38(36-27)26-8-4-21(31)16-34-26)19-1-5-22(6-2-19)37-11-13-41(33,40)14-12-37/h1-2,4-6,8,16-17,20,23-24,41H,3,7,9-15H2,(H2,33,40)(H,35,39)/t20-,23+,24+/m0/s1. The SMILES string of the molecule is N#CC1(NC(=O)[C@@H]2C[C@@H](F)CC[C@H]2c2nn(-c3ccc(F)cn3)cc2-c2ccc(N3CC[SH](=N)(O)CC3)cc2)CC1. The van der Waals surface area contributed by atoms with Crippen molar-refractivity contribution in [3.8, 4) is 23.0 Å². The van der Waals surface area contributed by atoms with E-state index in [1.54, 1.807) is 4.68 Å². The van der Waals surface area contributed by atoms with Crippen molar-refractivity contribution in [1.82, 2.24) is 20.1 Å². The zero-order valence-corrected chi connectivity index (χ0v) is 23.4. The normalized spacial score (nSPS) is 25.6. The molecule has 0 spiro atoms. The lowest BCUT2D eigenvalue weighted by Crippen LogP contribution is -2.44. The molecule has 3 aliphatic rings. The highest BCUT2D eigenvalue weighted by molar-refractivity contribution is 7.98. The number of alkyl halides is 1. The average Bonchev–Trinajstić information content (AvgIpc) is 3.60. The van der Waals surface area contributed by atoms with E-state index in [9.17, 15) is 23.4 Å². The zero-order chi connectivity index (χ0) is 28.8. The van der Waals surface area contributed by atoms with Crippen LogP contribution in [-0.4, -0.2) is 61.5 Å². The van der Waals surface area contributed by atoms with Gasteiger partial charge in [-0.05, 0) is 61.9 Å². The molecule has 3 heterocycles. The summed E-state index contributed by atoms with van der Waals surface area (Å²) in [4.78, 5) is 19.7. The Labute approximate surface area is 238 Å². The molecular weight excluding hydrogens is 548 g/mol. The number of pyridine rings is 1. The second kappa shape index (κ2) is 10.6. The number of hydrogen-bond donors (Lipinski definition) is 4. The molecule has 1 amide bonds. The van der Waals surface area contributed by atoms with E-state index in [1.165, 1.54) is 12.1 Å². The predicted octanol–water partition coefficient (Wildman–Crippen LogP) is 4.41. The molecule has 12 heteroatoms. The highest BCUT2D eigenvalue weighted by Crippen LogP contribution is 2.44. The van der Waals surface area contributed by atoms with Gasteiger partial charge >= 0.3 is 0 Å². The lowest BCUT2D eigenvalue weighted by molar-refractivity contribution is -0.128. The zero-order valence-electron chi connectivity index (χ0n) is 22.5. The number of carbonyl (C=O) groups is 1. The number of benzene rings is 1. The predicted molar refractivity (Wildman–Crippen MR) is 154 cm³/mol. The maximum Gasteiger partial charge on any atom is 0.225 e. The second-order valence-corrected chi connectivity index (χ2v) is 14.2. The first-order chi connectivity index (χ1) is 19.7. The molecule has 216 valence electrons. The van der Waals surface area contributed by atoms with Crippen molar-refractivity contribution >= 4 is 21.7 Å². The fourth-order valence-electron chi connectivity index (χ4n) is 5.86. The summed E-state index contributed by atoms with van der Waals surface area (Å²) in [7, 11) is -2.54. The lowest BCUT2D eigenvalue weighted by atomic mass is 9.74. The maximum absolute atomic E-state index is 14.7. The van der Waals surface area contributed by atoms with Crippen LogP contribution in [0, 0.1) is 27.8 Å². The van der Waals surface area contributed by atoms with Gasteiger partial charge in [-0.1, -0.05) is 12.1 Å². The van der Waals surface area contributed by atoms with Crippen molar-refractivity contribution in [3.63, 3.8) is 0 Å². The average molecular weight is 582 g/mol. The molecule has 0 unspecified atom stereocenters. The fraction of sp³-hybridized carbons (Fsp3) is 0.448. The van der Waals surface area contributed by atoms with Gasteiger partial charge in [0.2, 0.25) is 5.91 Å². The quantitative estimate of drug-likeness (QED) is 0.319. The minimum atomic E-state index is -2.54. The molecular formula is C29H33F2N7O2S.